The molecule has 1 saturated heterocycles. The van der Waals surface area contributed by atoms with E-state index in [0.29, 0.717) is 15.5 Å². The van der Waals surface area contributed by atoms with Gasteiger partial charge >= 0.3 is 0 Å². The molecule has 1 atom stereocenters. The molecule has 1 amide bonds. The monoisotopic (exact) mass is 260 g/mol. The van der Waals surface area contributed by atoms with Crippen LogP contribution in [0.1, 0.15) is 16.2 Å². The fourth-order valence-electron chi connectivity index (χ4n) is 1.77. The van der Waals surface area contributed by atoms with Crippen LogP contribution in [0.15, 0.2) is 0 Å². The van der Waals surface area contributed by atoms with Crippen LogP contribution in [0.4, 0.5) is 0 Å². The van der Waals surface area contributed by atoms with Gasteiger partial charge in [-0.2, -0.15) is 0 Å². The van der Waals surface area contributed by atoms with Crippen molar-refractivity contribution in [1.29, 1.82) is 0 Å². The third-order valence-electron chi connectivity index (χ3n) is 2.76. The number of halogens is 1. The molecule has 0 aromatic carbocycles. The summed E-state index contributed by atoms with van der Waals surface area (Å²) >= 11 is 6.79. The molecular formula is C9H13ClN4OS. The fourth-order valence-corrected chi connectivity index (χ4v) is 2.57. The Hall–Kier alpha value is -0.720. The van der Waals surface area contributed by atoms with Gasteiger partial charge in [-0.05, 0) is 32.1 Å². The first kappa shape index (κ1) is 11.8. The highest BCUT2D eigenvalue weighted by Crippen LogP contribution is 2.20. The summed E-state index contributed by atoms with van der Waals surface area (Å²) in [6, 6.07) is 0.437. The lowest BCUT2D eigenvalue weighted by Gasteiger charge is -2.19. The molecule has 0 bridgehead atoms. The van der Waals surface area contributed by atoms with Crippen LogP contribution in [0.3, 0.4) is 0 Å². The highest BCUT2D eigenvalue weighted by Gasteiger charge is 2.29. The molecule has 7 heteroatoms. The van der Waals surface area contributed by atoms with Crippen LogP contribution < -0.4 is 0 Å². The van der Waals surface area contributed by atoms with Gasteiger partial charge in [0.05, 0.1) is 0 Å². The van der Waals surface area contributed by atoms with Crippen molar-refractivity contribution in [2.75, 3.05) is 27.2 Å². The molecule has 2 rings (SSSR count). The molecule has 5 nitrogen and oxygen atoms in total. The lowest BCUT2D eigenvalue weighted by molar-refractivity contribution is 0.0782. The predicted molar refractivity (Wildman–Crippen MR) is 62.9 cm³/mol. The minimum atomic E-state index is -0.0613. The number of likely N-dealkylation sites (N-methyl/N-ethyl adjacent to an activating group) is 1. The molecule has 1 aliphatic heterocycles. The summed E-state index contributed by atoms with van der Waals surface area (Å²) in [6.45, 7) is 1.53. The molecule has 1 fully saturated rings. The maximum atomic E-state index is 12.0. The lowest BCUT2D eigenvalue weighted by atomic mass is 10.2. The van der Waals surface area contributed by atoms with Gasteiger partial charge in [-0.15, -0.1) is 10.2 Å². The Morgan fingerprint density at radius 3 is 2.81 bits per heavy atom. The number of likely N-dealkylation sites (tertiary alicyclic amines) is 1. The molecule has 1 aromatic rings. The molecule has 1 aromatic heterocycles. The van der Waals surface area contributed by atoms with Crippen LogP contribution in [0.25, 0.3) is 0 Å². The first-order valence-corrected chi connectivity index (χ1v) is 6.22. The molecular weight excluding hydrogens is 248 g/mol. The summed E-state index contributed by atoms with van der Waals surface area (Å²) in [5.74, 6) is -0.0613. The van der Waals surface area contributed by atoms with Gasteiger partial charge in [0.15, 0.2) is 0 Å². The van der Waals surface area contributed by atoms with E-state index in [0.717, 1.165) is 30.8 Å². The van der Waals surface area contributed by atoms with Crippen molar-refractivity contribution in [1.82, 2.24) is 20.0 Å². The molecule has 0 N–H and O–H groups in total. The van der Waals surface area contributed by atoms with Crippen LogP contribution in [-0.2, 0) is 0 Å². The average molecular weight is 261 g/mol. The summed E-state index contributed by atoms with van der Waals surface area (Å²) in [6.07, 6.45) is 1.01. The maximum Gasteiger partial charge on any atom is 0.284 e. The van der Waals surface area contributed by atoms with E-state index < -0.39 is 0 Å². The number of hydrogen-bond acceptors (Lipinski definition) is 5. The highest BCUT2D eigenvalue weighted by atomic mass is 35.5. The van der Waals surface area contributed by atoms with Gasteiger partial charge in [-0.1, -0.05) is 11.3 Å². The molecule has 1 unspecified atom stereocenters. The van der Waals surface area contributed by atoms with E-state index in [-0.39, 0.29) is 5.91 Å². The van der Waals surface area contributed by atoms with Crippen LogP contribution in [0.2, 0.25) is 4.47 Å². The van der Waals surface area contributed by atoms with E-state index in [1.54, 1.807) is 0 Å². The first-order valence-electron chi connectivity index (χ1n) is 5.02. The van der Waals surface area contributed by atoms with Gasteiger partial charge in [0.1, 0.15) is 0 Å². The smallest absolute Gasteiger partial charge is 0.284 e. The standard InChI is InChI=1S/C9H13ClN4OS/c1-13(2)6-3-4-14(5-6)8(15)7-11-12-9(10)16-7/h6H,3-5H2,1-2H3. The second kappa shape index (κ2) is 4.65. The first-order chi connectivity index (χ1) is 7.58. The quantitative estimate of drug-likeness (QED) is 0.795. The van der Waals surface area contributed by atoms with E-state index >= 15 is 0 Å². The van der Waals surface area contributed by atoms with E-state index in [4.69, 9.17) is 11.6 Å². The number of aromatic nitrogens is 2. The Labute approximate surface area is 103 Å². The van der Waals surface area contributed by atoms with Crippen LogP contribution >= 0.6 is 22.9 Å². The lowest BCUT2D eigenvalue weighted by Crippen LogP contribution is -2.34. The number of carbonyl (C=O) groups excluding carboxylic acids is 1. The maximum absolute atomic E-state index is 12.0. The van der Waals surface area contributed by atoms with Crippen molar-refractivity contribution < 1.29 is 4.79 Å². The number of nitrogens with zero attached hydrogens (tertiary/aromatic N) is 4. The van der Waals surface area contributed by atoms with Crippen LogP contribution in [0, 0.1) is 0 Å². The second-order valence-electron chi connectivity index (χ2n) is 4.02. The molecule has 0 aliphatic carbocycles. The molecule has 88 valence electrons. The molecule has 2 heterocycles. The fraction of sp³-hybridized carbons (Fsp3) is 0.667. The molecule has 0 radical (unpaired) electrons. The third kappa shape index (κ3) is 2.34. The second-order valence-corrected chi connectivity index (χ2v) is 5.58. The third-order valence-corrected chi connectivity index (χ3v) is 3.77. The number of hydrogen-bond donors (Lipinski definition) is 0. The zero-order valence-corrected chi connectivity index (χ0v) is 10.8. The Kier molecular flexibility index (Phi) is 3.41. The minimum Gasteiger partial charge on any atom is -0.335 e. The summed E-state index contributed by atoms with van der Waals surface area (Å²) in [4.78, 5) is 15.9. The molecule has 0 saturated carbocycles. The van der Waals surface area contributed by atoms with Crippen molar-refractivity contribution in [2.24, 2.45) is 0 Å². The normalized spacial score (nSPS) is 20.8. The Balaban J connectivity index is 2.02. The van der Waals surface area contributed by atoms with Crippen molar-refractivity contribution in [2.45, 2.75) is 12.5 Å². The van der Waals surface area contributed by atoms with Crippen molar-refractivity contribution in [3.63, 3.8) is 0 Å². The van der Waals surface area contributed by atoms with Crippen molar-refractivity contribution in [3.05, 3.63) is 9.47 Å². The summed E-state index contributed by atoms with van der Waals surface area (Å²) in [5.41, 5.74) is 0. The largest absolute Gasteiger partial charge is 0.335 e. The predicted octanol–water partition coefficient (Wildman–Crippen LogP) is 0.968. The van der Waals surface area contributed by atoms with E-state index in [1.807, 2.05) is 19.0 Å². The Morgan fingerprint density at radius 1 is 1.56 bits per heavy atom. The molecule has 0 spiro atoms. The van der Waals surface area contributed by atoms with Crippen LogP contribution in [0.5, 0.6) is 0 Å². The summed E-state index contributed by atoms with van der Waals surface area (Å²) in [7, 11) is 4.06. The van der Waals surface area contributed by atoms with Gasteiger partial charge in [-0.25, -0.2) is 0 Å². The van der Waals surface area contributed by atoms with Gasteiger partial charge in [0.2, 0.25) is 9.47 Å². The van der Waals surface area contributed by atoms with E-state index in [9.17, 15) is 4.79 Å². The minimum absolute atomic E-state index is 0.0613. The zero-order valence-electron chi connectivity index (χ0n) is 9.18. The topological polar surface area (TPSA) is 49.3 Å². The van der Waals surface area contributed by atoms with Gasteiger partial charge in [0, 0.05) is 19.1 Å². The van der Waals surface area contributed by atoms with Crippen LogP contribution in [-0.4, -0.2) is 59.1 Å². The van der Waals surface area contributed by atoms with Crippen molar-refractivity contribution in [3.8, 4) is 0 Å². The molecule has 16 heavy (non-hydrogen) atoms. The highest BCUT2D eigenvalue weighted by molar-refractivity contribution is 7.17. The Morgan fingerprint density at radius 2 is 2.31 bits per heavy atom. The number of carbonyl (C=O) groups is 1. The average Bonchev–Trinajstić information content (AvgIpc) is 2.84. The zero-order chi connectivity index (χ0) is 11.7. The van der Waals surface area contributed by atoms with Gasteiger partial charge in [0.25, 0.3) is 5.91 Å². The summed E-state index contributed by atoms with van der Waals surface area (Å²) < 4.78 is 0.312. The van der Waals surface area contributed by atoms with E-state index in [2.05, 4.69) is 15.1 Å². The SMILES string of the molecule is CN(C)C1CCN(C(=O)c2nnc(Cl)s2)C1. The van der Waals surface area contributed by atoms with E-state index in [1.165, 1.54) is 0 Å². The summed E-state index contributed by atoms with van der Waals surface area (Å²) in [5, 5.41) is 7.78. The number of amides is 1. The molecule has 1 aliphatic rings. The number of rotatable bonds is 2. The Bertz CT molecular complexity index is 395. The van der Waals surface area contributed by atoms with Crippen molar-refractivity contribution >= 4 is 28.8 Å². The van der Waals surface area contributed by atoms with Gasteiger partial charge < -0.3 is 9.80 Å². The van der Waals surface area contributed by atoms with Gasteiger partial charge in [-0.3, -0.25) is 4.79 Å².